The van der Waals surface area contributed by atoms with Gasteiger partial charge in [-0.15, -0.1) is 0 Å². The number of hydrogen-bond donors (Lipinski definition) is 1. The molecule has 0 bridgehead atoms. The number of piperidine rings is 1. The molecule has 0 atom stereocenters. The molecule has 1 fully saturated rings. The number of aryl methyl sites for hydroxylation is 2. The molecule has 1 aromatic rings. The van der Waals surface area contributed by atoms with Gasteiger partial charge in [0.15, 0.2) is 5.82 Å². The van der Waals surface area contributed by atoms with E-state index in [1.807, 2.05) is 14.0 Å². The highest BCUT2D eigenvalue weighted by Gasteiger charge is 2.16. The predicted molar refractivity (Wildman–Crippen MR) is 61.7 cm³/mol. The number of nitrogens with one attached hydrogen (secondary N) is 1. The van der Waals surface area contributed by atoms with E-state index < -0.39 is 0 Å². The molecule has 1 N–H and O–H groups in total. The van der Waals surface area contributed by atoms with E-state index in [-0.39, 0.29) is 0 Å². The van der Waals surface area contributed by atoms with Crippen molar-refractivity contribution in [2.24, 2.45) is 7.05 Å². The first-order valence-electron chi connectivity index (χ1n) is 5.67. The normalized spacial score (nSPS) is 17.1. The molecule has 86 valence electrons. The van der Waals surface area contributed by atoms with Crippen molar-refractivity contribution in [3.8, 4) is 6.07 Å². The third kappa shape index (κ3) is 2.02. The van der Waals surface area contributed by atoms with Gasteiger partial charge in [0.05, 0.1) is 5.69 Å². The van der Waals surface area contributed by atoms with Gasteiger partial charge in [0.1, 0.15) is 11.6 Å². The van der Waals surface area contributed by atoms with Crippen molar-refractivity contribution in [1.29, 1.82) is 5.26 Å². The molecule has 0 spiro atoms. The number of rotatable bonds is 2. The Morgan fingerprint density at radius 2 is 2.00 bits per heavy atom. The van der Waals surface area contributed by atoms with Crippen LogP contribution in [0.2, 0.25) is 0 Å². The van der Waals surface area contributed by atoms with Gasteiger partial charge >= 0.3 is 0 Å². The molecule has 1 aliphatic heterocycles. The van der Waals surface area contributed by atoms with E-state index in [4.69, 9.17) is 5.26 Å². The number of nitrogens with zero attached hydrogens (tertiary/aromatic N) is 4. The summed E-state index contributed by atoms with van der Waals surface area (Å²) in [5.74, 6) is 0.807. The standard InChI is InChI=1S/C11H17N5/c1-9-10(8-12)11(15(2)13-9)14-16-6-4-3-5-7-16/h14H,3-7H2,1-2H3. The molecular weight excluding hydrogens is 202 g/mol. The summed E-state index contributed by atoms with van der Waals surface area (Å²) in [6.45, 7) is 3.93. The second-order valence-corrected chi connectivity index (χ2v) is 4.20. The Balaban J connectivity index is 2.17. The van der Waals surface area contributed by atoms with Gasteiger partial charge in [-0.05, 0) is 19.8 Å². The minimum absolute atomic E-state index is 0.646. The van der Waals surface area contributed by atoms with Crippen molar-refractivity contribution < 1.29 is 0 Å². The van der Waals surface area contributed by atoms with Gasteiger partial charge in [0.2, 0.25) is 0 Å². The minimum Gasteiger partial charge on any atom is -0.302 e. The summed E-state index contributed by atoms with van der Waals surface area (Å²) in [6, 6.07) is 2.20. The molecule has 2 heterocycles. The van der Waals surface area contributed by atoms with Crippen LogP contribution in [-0.4, -0.2) is 27.9 Å². The number of nitriles is 1. The number of hydrogen-bond acceptors (Lipinski definition) is 4. The van der Waals surface area contributed by atoms with Gasteiger partial charge < -0.3 is 5.43 Å². The molecule has 0 radical (unpaired) electrons. The maximum absolute atomic E-state index is 9.08. The average Bonchev–Trinajstić information content (AvgIpc) is 2.55. The summed E-state index contributed by atoms with van der Waals surface area (Å²) >= 11 is 0. The minimum atomic E-state index is 0.646. The predicted octanol–water partition coefficient (Wildman–Crippen LogP) is 1.41. The summed E-state index contributed by atoms with van der Waals surface area (Å²) in [6.07, 6.45) is 3.73. The summed E-state index contributed by atoms with van der Waals surface area (Å²) in [4.78, 5) is 0. The number of aromatic nitrogens is 2. The largest absolute Gasteiger partial charge is 0.302 e. The fourth-order valence-corrected chi connectivity index (χ4v) is 2.08. The molecule has 0 saturated carbocycles. The Morgan fingerprint density at radius 3 is 2.62 bits per heavy atom. The van der Waals surface area contributed by atoms with Crippen LogP contribution >= 0.6 is 0 Å². The first-order valence-corrected chi connectivity index (χ1v) is 5.67. The highest BCUT2D eigenvalue weighted by atomic mass is 15.5. The van der Waals surface area contributed by atoms with E-state index in [0.29, 0.717) is 5.56 Å². The molecule has 0 aromatic carbocycles. The Morgan fingerprint density at radius 1 is 1.31 bits per heavy atom. The van der Waals surface area contributed by atoms with Crippen LogP contribution in [0.5, 0.6) is 0 Å². The summed E-state index contributed by atoms with van der Waals surface area (Å²) in [5, 5.41) is 15.5. The molecule has 0 aliphatic carbocycles. The molecule has 0 amide bonds. The second-order valence-electron chi connectivity index (χ2n) is 4.20. The first-order chi connectivity index (χ1) is 7.72. The zero-order valence-electron chi connectivity index (χ0n) is 9.82. The maximum Gasteiger partial charge on any atom is 0.156 e. The van der Waals surface area contributed by atoms with E-state index in [2.05, 4.69) is 21.6 Å². The van der Waals surface area contributed by atoms with Gasteiger partial charge in [-0.2, -0.15) is 10.4 Å². The van der Waals surface area contributed by atoms with Crippen LogP contribution < -0.4 is 5.43 Å². The average molecular weight is 219 g/mol. The van der Waals surface area contributed by atoms with Gasteiger partial charge in [-0.1, -0.05) is 6.42 Å². The van der Waals surface area contributed by atoms with E-state index in [0.717, 1.165) is 24.6 Å². The zero-order valence-corrected chi connectivity index (χ0v) is 9.82. The zero-order chi connectivity index (χ0) is 11.5. The quantitative estimate of drug-likeness (QED) is 0.817. The molecular formula is C11H17N5. The topological polar surface area (TPSA) is 56.9 Å². The first kappa shape index (κ1) is 11.0. The third-order valence-electron chi connectivity index (χ3n) is 2.95. The lowest BCUT2D eigenvalue weighted by Crippen LogP contribution is -2.35. The van der Waals surface area contributed by atoms with Crippen LogP contribution in [0.15, 0.2) is 0 Å². The second kappa shape index (κ2) is 4.54. The monoisotopic (exact) mass is 219 g/mol. The lowest BCUT2D eigenvalue weighted by molar-refractivity contribution is 0.271. The number of anilines is 1. The Bertz CT molecular complexity index is 409. The van der Waals surface area contributed by atoms with Crippen molar-refractivity contribution in [1.82, 2.24) is 14.8 Å². The van der Waals surface area contributed by atoms with Crippen LogP contribution in [0.4, 0.5) is 5.82 Å². The van der Waals surface area contributed by atoms with E-state index in [9.17, 15) is 0 Å². The van der Waals surface area contributed by atoms with Crippen molar-refractivity contribution >= 4 is 5.82 Å². The molecule has 1 aliphatic rings. The molecule has 2 rings (SSSR count). The van der Waals surface area contributed by atoms with Crippen molar-refractivity contribution in [2.45, 2.75) is 26.2 Å². The summed E-state index contributed by atoms with van der Waals surface area (Å²) in [5.41, 5.74) is 4.73. The highest BCUT2D eigenvalue weighted by molar-refractivity contribution is 5.54. The molecule has 0 unspecified atom stereocenters. The molecule has 5 heteroatoms. The van der Waals surface area contributed by atoms with Crippen molar-refractivity contribution in [3.63, 3.8) is 0 Å². The van der Waals surface area contributed by atoms with Crippen LogP contribution in [-0.2, 0) is 7.05 Å². The highest BCUT2D eigenvalue weighted by Crippen LogP contribution is 2.19. The van der Waals surface area contributed by atoms with E-state index in [1.165, 1.54) is 19.3 Å². The van der Waals surface area contributed by atoms with Gasteiger partial charge in [0, 0.05) is 20.1 Å². The van der Waals surface area contributed by atoms with Crippen LogP contribution in [0, 0.1) is 18.3 Å². The van der Waals surface area contributed by atoms with Gasteiger partial charge in [-0.3, -0.25) is 4.68 Å². The number of hydrazine groups is 1. The summed E-state index contributed by atoms with van der Waals surface area (Å²) < 4.78 is 1.74. The van der Waals surface area contributed by atoms with Crippen LogP contribution in [0.1, 0.15) is 30.5 Å². The molecule has 5 nitrogen and oxygen atoms in total. The molecule has 1 aromatic heterocycles. The van der Waals surface area contributed by atoms with Gasteiger partial charge in [-0.25, -0.2) is 5.01 Å². The third-order valence-corrected chi connectivity index (χ3v) is 2.95. The van der Waals surface area contributed by atoms with E-state index >= 15 is 0 Å². The molecule has 1 saturated heterocycles. The Hall–Kier alpha value is -1.54. The SMILES string of the molecule is Cc1nn(C)c(NN2CCCCC2)c1C#N. The lowest BCUT2D eigenvalue weighted by atomic mass is 10.2. The van der Waals surface area contributed by atoms with Crippen molar-refractivity contribution in [2.75, 3.05) is 18.5 Å². The smallest absolute Gasteiger partial charge is 0.156 e. The summed E-state index contributed by atoms with van der Waals surface area (Å²) in [7, 11) is 1.86. The fraction of sp³-hybridized carbons (Fsp3) is 0.636. The molecule has 16 heavy (non-hydrogen) atoms. The fourth-order valence-electron chi connectivity index (χ4n) is 2.08. The van der Waals surface area contributed by atoms with E-state index in [1.54, 1.807) is 4.68 Å². The Labute approximate surface area is 95.6 Å². The Kier molecular flexibility index (Phi) is 3.11. The maximum atomic E-state index is 9.08. The van der Waals surface area contributed by atoms with Crippen LogP contribution in [0.25, 0.3) is 0 Å². The lowest BCUT2D eigenvalue weighted by Gasteiger charge is -2.27. The van der Waals surface area contributed by atoms with Crippen LogP contribution in [0.3, 0.4) is 0 Å². The van der Waals surface area contributed by atoms with Crippen molar-refractivity contribution in [3.05, 3.63) is 11.3 Å². The van der Waals surface area contributed by atoms with Gasteiger partial charge in [0.25, 0.3) is 0 Å².